The molecule has 2 atom stereocenters. The van der Waals surface area contributed by atoms with Gasteiger partial charge in [-0.25, -0.2) is 0 Å². The lowest BCUT2D eigenvalue weighted by molar-refractivity contribution is 0.0867. The van der Waals surface area contributed by atoms with Crippen LogP contribution in [0.15, 0.2) is 30.5 Å². The first-order valence-electron chi connectivity index (χ1n) is 7.29. The van der Waals surface area contributed by atoms with Crippen LogP contribution in [-0.4, -0.2) is 42.0 Å². The first kappa shape index (κ1) is 14.6. The minimum absolute atomic E-state index is 0.0419. The van der Waals surface area contributed by atoms with E-state index in [9.17, 15) is 4.79 Å². The second-order valence-electron chi connectivity index (χ2n) is 5.33. The summed E-state index contributed by atoms with van der Waals surface area (Å²) in [4.78, 5) is 12.5. The van der Waals surface area contributed by atoms with Gasteiger partial charge in [-0.2, -0.15) is 5.10 Å². The van der Waals surface area contributed by atoms with E-state index < -0.39 is 0 Å². The van der Waals surface area contributed by atoms with Crippen LogP contribution in [0.5, 0.6) is 5.75 Å². The van der Waals surface area contributed by atoms with Crippen molar-refractivity contribution in [3.8, 4) is 17.0 Å². The van der Waals surface area contributed by atoms with Gasteiger partial charge in [0.15, 0.2) is 0 Å². The minimum Gasteiger partial charge on any atom is -0.497 e. The van der Waals surface area contributed by atoms with E-state index in [2.05, 4.69) is 15.5 Å². The molecule has 3 rings (SSSR count). The van der Waals surface area contributed by atoms with Crippen LogP contribution < -0.4 is 10.1 Å². The summed E-state index contributed by atoms with van der Waals surface area (Å²) < 4.78 is 10.6. The lowest BCUT2D eigenvalue weighted by Crippen LogP contribution is -2.39. The predicted molar refractivity (Wildman–Crippen MR) is 81.9 cm³/mol. The fourth-order valence-corrected chi connectivity index (χ4v) is 2.60. The molecule has 0 aliphatic carbocycles. The maximum absolute atomic E-state index is 12.5. The van der Waals surface area contributed by atoms with Gasteiger partial charge >= 0.3 is 0 Å². The number of ether oxygens (including phenoxy) is 2. The minimum atomic E-state index is -0.137. The summed E-state index contributed by atoms with van der Waals surface area (Å²) >= 11 is 0. The van der Waals surface area contributed by atoms with E-state index in [0.717, 1.165) is 17.7 Å². The van der Waals surface area contributed by atoms with E-state index in [4.69, 9.17) is 9.47 Å². The van der Waals surface area contributed by atoms with E-state index in [1.54, 1.807) is 13.3 Å². The average molecular weight is 301 g/mol. The monoisotopic (exact) mass is 301 g/mol. The van der Waals surface area contributed by atoms with Gasteiger partial charge in [-0.15, -0.1) is 0 Å². The highest BCUT2D eigenvalue weighted by Crippen LogP contribution is 2.24. The number of nitrogens with zero attached hydrogens (tertiary/aromatic N) is 1. The maximum atomic E-state index is 12.5. The van der Waals surface area contributed by atoms with Crippen molar-refractivity contribution in [2.75, 3.05) is 13.7 Å². The normalized spacial score (nSPS) is 20.8. The topological polar surface area (TPSA) is 76.2 Å². The highest BCUT2D eigenvalue weighted by molar-refractivity contribution is 5.99. The Balaban J connectivity index is 1.80. The van der Waals surface area contributed by atoms with Gasteiger partial charge in [0.1, 0.15) is 5.75 Å². The van der Waals surface area contributed by atoms with Crippen molar-refractivity contribution < 1.29 is 14.3 Å². The number of carbonyl (C=O) groups excluding carboxylic acids is 1. The summed E-state index contributed by atoms with van der Waals surface area (Å²) in [5.41, 5.74) is 2.12. The fourth-order valence-electron chi connectivity index (χ4n) is 2.60. The Morgan fingerprint density at radius 2 is 2.18 bits per heavy atom. The largest absolute Gasteiger partial charge is 0.497 e. The number of aromatic amines is 1. The van der Waals surface area contributed by atoms with Crippen molar-refractivity contribution in [1.82, 2.24) is 15.5 Å². The maximum Gasteiger partial charge on any atom is 0.255 e. The first-order valence-corrected chi connectivity index (χ1v) is 7.29. The summed E-state index contributed by atoms with van der Waals surface area (Å²) in [5, 5.41) is 9.92. The molecule has 6 nitrogen and oxygen atoms in total. The Morgan fingerprint density at radius 3 is 2.82 bits per heavy atom. The molecule has 2 aromatic rings. The van der Waals surface area contributed by atoms with E-state index in [-0.39, 0.29) is 18.1 Å². The molecule has 0 unspecified atom stereocenters. The van der Waals surface area contributed by atoms with Gasteiger partial charge in [0.05, 0.1) is 36.7 Å². The van der Waals surface area contributed by atoms with Crippen LogP contribution in [0.1, 0.15) is 23.7 Å². The van der Waals surface area contributed by atoms with Crippen molar-refractivity contribution in [3.05, 3.63) is 36.0 Å². The molecule has 2 N–H and O–H groups in total. The molecule has 1 amide bonds. The molecule has 22 heavy (non-hydrogen) atoms. The van der Waals surface area contributed by atoms with Crippen molar-refractivity contribution in [3.63, 3.8) is 0 Å². The third kappa shape index (κ3) is 2.82. The van der Waals surface area contributed by atoms with Crippen LogP contribution in [0.2, 0.25) is 0 Å². The van der Waals surface area contributed by atoms with Gasteiger partial charge in [-0.3, -0.25) is 9.89 Å². The third-order valence-electron chi connectivity index (χ3n) is 3.96. The van der Waals surface area contributed by atoms with Gasteiger partial charge in [0.2, 0.25) is 0 Å². The highest BCUT2D eigenvalue weighted by Gasteiger charge is 2.27. The van der Waals surface area contributed by atoms with Crippen LogP contribution in [-0.2, 0) is 4.74 Å². The first-order chi connectivity index (χ1) is 10.7. The van der Waals surface area contributed by atoms with Crippen LogP contribution in [0, 0.1) is 0 Å². The highest BCUT2D eigenvalue weighted by atomic mass is 16.5. The van der Waals surface area contributed by atoms with Gasteiger partial charge in [-0.05, 0) is 37.6 Å². The van der Waals surface area contributed by atoms with Gasteiger partial charge in [0, 0.05) is 12.2 Å². The standard InChI is InChI=1S/C16H19N3O3/c1-10-14(7-8-22-10)18-16(20)13-9-17-19-15(13)11-3-5-12(21-2)6-4-11/h3-6,9-10,14H,7-8H2,1-2H3,(H,17,19)(H,18,20)/t10-,14-/m1/s1. The summed E-state index contributed by atoms with van der Waals surface area (Å²) in [6, 6.07) is 7.54. The van der Waals surface area contributed by atoms with E-state index in [1.807, 2.05) is 31.2 Å². The number of amides is 1. The van der Waals surface area contributed by atoms with E-state index in [1.165, 1.54) is 0 Å². The molecule has 1 aliphatic rings. The zero-order valence-corrected chi connectivity index (χ0v) is 12.6. The van der Waals surface area contributed by atoms with E-state index >= 15 is 0 Å². The van der Waals surface area contributed by atoms with Crippen LogP contribution in [0.25, 0.3) is 11.3 Å². The Morgan fingerprint density at radius 1 is 1.41 bits per heavy atom. The van der Waals surface area contributed by atoms with Crippen molar-refractivity contribution >= 4 is 5.91 Å². The number of nitrogens with one attached hydrogen (secondary N) is 2. The molecule has 1 fully saturated rings. The summed E-state index contributed by atoms with van der Waals surface area (Å²) in [6.45, 7) is 2.65. The quantitative estimate of drug-likeness (QED) is 0.905. The zero-order chi connectivity index (χ0) is 15.5. The van der Waals surface area contributed by atoms with Gasteiger partial charge in [-0.1, -0.05) is 0 Å². The number of hydrogen-bond acceptors (Lipinski definition) is 4. The second kappa shape index (κ2) is 6.19. The van der Waals surface area contributed by atoms with Gasteiger partial charge < -0.3 is 14.8 Å². The number of H-pyrrole nitrogens is 1. The fraction of sp³-hybridized carbons (Fsp3) is 0.375. The molecule has 0 radical (unpaired) electrons. The Hall–Kier alpha value is -2.34. The molecule has 1 aromatic carbocycles. The Labute approximate surface area is 128 Å². The summed E-state index contributed by atoms with van der Waals surface area (Å²) in [5.74, 6) is 0.633. The van der Waals surface area contributed by atoms with Crippen molar-refractivity contribution in [2.45, 2.75) is 25.5 Å². The molecular weight excluding hydrogens is 282 g/mol. The molecule has 2 heterocycles. The Bertz CT molecular complexity index is 651. The molecule has 6 heteroatoms. The smallest absolute Gasteiger partial charge is 0.255 e. The molecule has 0 spiro atoms. The van der Waals surface area contributed by atoms with Gasteiger partial charge in [0.25, 0.3) is 5.91 Å². The number of benzene rings is 1. The van der Waals surface area contributed by atoms with Crippen LogP contribution in [0.4, 0.5) is 0 Å². The molecule has 1 saturated heterocycles. The molecular formula is C16H19N3O3. The predicted octanol–water partition coefficient (Wildman–Crippen LogP) is 1.99. The average Bonchev–Trinajstić information content (AvgIpc) is 3.17. The number of rotatable bonds is 4. The second-order valence-corrected chi connectivity index (χ2v) is 5.33. The summed E-state index contributed by atoms with van der Waals surface area (Å²) in [6.07, 6.45) is 2.43. The molecule has 0 saturated carbocycles. The molecule has 1 aromatic heterocycles. The number of carbonyl (C=O) groups is 1. The SMILES string of the molecule is COc1ccc(-c2[nH]ncc2C(=O)N[C@@H]2CCO[C@@H]2C)cc1. The molecule has 1 aliphatic heterocycles. The molecule has 116 valence electrons. The number of hydrogen-bond donors (Lipinski definition) is 2. The third-order valence-corrected chi connectivity index (χ3v) is 3.96. The number of methoxy groups -OCH3 is 1. The number of aromatic nitrogens is 2. The lowest BCUT2D eigenvalue weighted by Gasteiger charge is -2.15. The van der Waals surface area contributed by atoms with Crippen LogP contribution >= 0.6 is 0 Å². The summed E-state index contributed by atoms with van der Waals surface area (Å²) in [7, 11) is 1.62. The van der Waals surface area contributed by atoms with Crippen molar-refractivity contribution in [2.24, 2.45) is 0 Å². The van der Waals surface area contributed by atoms with E-state index in [0.29, 0.717) is 17.9 Å². The molecule has 0 bridgehead atoms. The zero-order valence-electron chi connectivity index (χ0n) is 12.6. The van der Waals surface area contributed by atoms with Crippen LogP contribution in [0.3, 0.4) is 0 Å². The van der Waals surface area contributed by atoms with Crippen molar-refractivity contribution in [1.29, 1.82) is 0 Å². The lowest BCUT2D eigenvalue weighted by atomic mass is 10.1. The Kier molecular flexibility index (Phi) is 4.11.